The Morgan fingerprint density at radius 2 is 1.95 bits per heavy atom. The van der Waals surface area contributed by atoms with Crippen molar-refractivity contribution in [3.05, 3.63) is 66.6 Å². The molecule has 0 unspecified atom stereocenters. The van der Waals surface area contributed by atoms with Crippen LogP contribution in [-0.2, 0) is 0 Å². The lowest BCUT2D eigenvalue weighted by Crippen LogP contribution is -2.13. The fourth-order valence-electron chi connectivity index (χ4n) is 1.82. The lowest BCUT2D eigenvalue weighted by molar-refractivity contribution is -0.385. The Morgan fingerprint density at radius 3 is 2.57 bits per heavy atom. The maximum atomic E-state index is 12.3. The van der Waals surface area contributed by atoms with E-state index in [-0.39, 0.29) is 11.6 Å². The molecule has 5 nitrogen and oxygen atoms in total. The number of anilines is 1. The highest BCUT2D eigenvalue weighted by molar-refractivity contribution is 9.11. The highest BCUT2D eigenvalue weighted by Gasteiger charge is 2.16. The van der Waals surface area contributed by atoms with Gasteiger partial charge in [0.15, 0.2) is 0 Å². The number of rotatable bonds is 3. The van der Waals surface area contributed by atoms with Gasteiger partial charge in [0.2, 0.25) is 0 Å². The van der Waals surface area contributed by atoms with Crippen LogP contribution in [0, 0.1) is 17.0 Å². The topological polar surface area (TPSA) is 72.2 Å². The zero-order chi connectivity index (χ0) is 15.6. The summed E-state index contributed by atoms with van der Waals surface area (Å²) in [5, 5.41) is 13.6. The number of hydrogen-bond acceptors (Lipinski definition) is 3. The quantitative estimate of drug-likeness (QED) is 0.586. The molecule has 0 atom stereocenters. The van der Waals surface area contributed by atoms with Crippen molar-refractivity contribution in [1.82, 2.24) is 0 Å². The molecule has 2 aromatic carbocycles. The number of hydrogen-bond donors (Lipinski definition) is 1. The number of amides is 1. The molecule has 0 fully saturated rings. The van der Waals surface area contributed by atoms with Gasteiger partial charge in [-0.2, -0.15) is 0 Å². The first-order valence-electron chi connectivity index (χ1n) is 5.90. The van der Waals surface area contributed by atoms with E-state index >= 15 is 0 Å². The summed E-state index contributed by atoms with van der Waals surface area (Å²) in [6.45, 7) is 1.60. The Bertz CT molecular complexity index is 732. The van der Waals surface area contributed by atoms with Crippen LogP contribution in [0.25, 0.3) is 0 Å². The van der Waals surface area contributed by atoms with Gasteiger partial charge in [0.25, 0.3) is 11.6 Å². The number of benzene rings is 2. The molecule has 0 heterocycles. The molecular weight excluding hydrogens is 404 g/mol. The van der Waals surface area contributed by atoms with Crippen molar-refractivity contribution in [3.63, 3.8) is 0 Å². The molecule has 1 N–H and O–H groups in total. The molecular formula is C14H10Br2N2O3. The van der Waals surface area contributed by atoms with E-state index in [4.69, 9.17) is 0 Å². The lowest BCUT2D eigenvalue weighted by atomic mass is 10.1. The number of halogens is 2. The minimum absolute atomic E-state index is 0.0253. The second-order valence-electron chi connectivity index (χ2n) is 4.29. The molecule has 0 aromatic heterocycles. The fourth-order valence-corrected chi connectivity index (χ4v) is 3.05. The monoisotopic (exact) mass is 412 g/mol. The summed E-state index contributed by atoms with van der Waals surface area (Å²) in [6, 6.07) is 9.75. The molecule has 108 valence electrons. The van der Waals surface area contributed by atoms with Gasteiger partial charge in [0, 0.05) is 15.0 Å². The standard InChI is InChI=1S/C14H10Br2N2O3/c1-8-12(3-2-4-13(8)18(20)21)17-14(19)10-6-5-9(15)7-11(10)16/h2-7H,1H3,(H,17,19). The summed E-state index contributed by atoms with van der Waals surface area (Å²) < 4.78 is 1.48. The second-order valence-corrected chi connectivity index (χ2v) is 6.06. The van der Waals surface area contributed by atoms with Crippen molar-refractivity contribution in [2.75, 3.05) is 5.32 Å². The number of nitro groups is 1. The van der Waals surface area contributed by atoms with Crippen LogP contribution < -0.4 is 5.32 Å². The van der Waals surface area contributed by atoms with Crippen molar-refractivity contribution in [3.8, 4) is 0 Å². The van der Waals surface area contributed by atoms with Crippen LogP contribution in [0.2, 0.25) is 0 Å². The van der Waals surface area contributed by atoms with Crippen LogP contribution in [0.4, 0.5) is 11.4 Å². The Labute approximate surface area is 137 Å². The first kappa shape index (κ1) is 15.7. The van der Waals surface area contributed by atoms with Crippen molar-refractivity contribution in [2.24, 2.45) is 0 Å². The van der Waals surface area contributed by atoms with Gasteiger partial charge in [-0.15, -0.1) is 0 Å². The molecule has 0 saturated carbocycles. The SMILES string of the molecule is Cc1c(NC(=O)c2ccc(Br)cc2Br)cccc1[N+](=O)[O-]. The molecule has 0 aliphatic carbocycles. The number of nitrogens with one attached hydrogen (secondary N) is 1. The van der Waals surface area contributed by atoms with E-state index < -0.39 is 4.92 Å². The number of nitrogens with zero attached hydrogens (tertiary/aromatic N) is 1. The van der Waals surface area contributed by atoms with Crippen molar-refractivity contribution in [2.45, 2.75) is 6.92 Å². The third kappa shape index (κ3) is 3.48. The normalized spacial score (nSPS) is 10.2. The van der Waals surface area contributed by atoms with Crippen LogP contribution in [0.3, 0.4) is 0 Å². The van der Waals surface area contributed by atoms with E-state index in [2.05, 4.69) is 37.2 Å². The van der Waals surface area contributed by atoms with E-state index in [0.717, 1.165) is 4.47 Å². The highest BCUT2D eigenvalue weighted by Crippen LogP contribution is 2.27. The van der Waals surface area contributed by atoms with E-state index in [9.17, 15) is 14.9 Å². The maximum Gasteiger partial charge on any atom is 0.274 e. The molecule has 0 saturated heterocycles. The zero-order valence-corrected chi connectivity index (χ0v) is 14.1. The van der Waals surface area contributed by atoms with E-state index in [1.54, 1.807) is 31.2 Å². The molecule has 2 rings (SSSR count). The van der Waals surface area contributed by atoms with Gasteiger partial charge in [-0.05, 0) is 47.1 Å². The van der Waals surface area contributed by atoms with Crippen molar-refractivity contribution in [1.29, 1.82) is 0 Å². The van der Waals surface area contributed by atoms with Gasteiger partial charge < -0.3 is 5.32 Å². The molecule has 0 bridgehead atoms. The number of carbonyl (C=O) groups is 1. The van der Waals surface area contributed by atoms with Gasteiger partial charge in [0.05, 0.1) is 21.7 Å². The van der Waals surface area contributed by atoms with Crippen molar-refractivity contribution < 1.29 is 9.72 Å². The summed E-state index contributed by atoms with van der Waals surface area (Å²) in [7, 11) is 0. The lowest BCUT2D eigenvalue weighted by Gasteiger charge is -2.10. The summed E-state index contributed by atoms with van der Waals surface area (Å²) in [4.78, 5) is 22.7. The average molecular weight is 414 g/mol. The predicted molar refractivity (Wildman–Crippen MR) is 87.6 cm³/mol. The molecule has 0 aliphatic rings. The summed E-state index contributed by atoms with van der Waals surface area (Å²) in [5.41, 5.74) is 1.26. The minimum atomic E-state index is -0.472. The third-order valence-corrected chi connectivity index (χ3v) is 4.08. The van der Waals surface area contributed by atoms with Crippen molar-refractivity contribution >= 4 is 49.1 Å². The minimum Gasteiger partial charge on any atom is -0.321 e. The van der Waals surface area contributed by atoms with Gasteiger partial charge >= 0.3 is 0 Å². The van der Waals surface area contributed by atoms with E-state index in [0.29, 0.717) is 21.3 Å². The molecule has 21 heavy (non-hydrogen) atoms. The molecule has 2 aromatic rings. The van der Waals surface area contributed by atoms with Gasteiger partial charge in [-0.3, -0.25) is 14.9 Å². The molecule has 1 amide bonds. The van der Waals surface area contributed by atoms with Crippen LogP contribution in [0.5, 0.6) is 0 Å². The molecule has 7 heteroatoms. The number of carbonyl (C=O) groups excluding carboxylic acids is 1. The van der Waals surface area contributed by atoms with E-state index in [1.165, 1.54) is 12.1 Å². The predicted octanol–water partition coefficient (Wildman–Crippen LogP) is 4.68. The zero-order valence-electron chi connectivity index (χ0n) is 10.9. The van der Waals surface area contributed by atoms with Gasteiger partial charge in [-0.1, -0.05) is 22.0 Å². The Hall–Kier alpha value is -1.73. The second kappa shape index (κ2) is 6.36. The molecule has 0 radical (unpaired) electrons. The van der Waals surface area contributed by atoms with Crippen LogP contribution in [-0.4, -0.2) is 10.8 Å². The third-order valence-electron chi connectivity index (χ3n) is 2.93. The smallest absolute Gasteiger partial charge is 0.274 e. The van der Waals surface area contributed by atoms with Gasteiger partial charge in [0.1, 0.15) is 0 Å². The summed E-state index contributed by atoms with van der Waals surface area (Å²) in [5.74, 6) is -0.335. The highest BCUT2D eigenvalue weighted by atomic mass is 79.9. The summed E-state index contributed by atoms with van der Waals surface area (Å²) >= 11 is 6.63. The average Bonchev–Trinajstić information content (AvgIpc) is 2.40. The Kier molecular flexibility index (Phi) is 4.74. The first-order chi connectivity index (χ1) is 9.90. The molecule has 0 aliphatic heterocycles. The van der Waals surface area contributed by atoms with E-state index in [1.807, 2.05) is 0 Å². The van der Waals surface area contributed by atoms with Crippen LogP contribution in [0.15, 0.2) is 45.3 Å². The Morgan fingerprint density at radius 1 is 1.24 bits per heavy atom. The van der Waals surface area contributed by atoms with Gasteiger partial charge in [-0.25, -0.2) is 0 Å². The Balaban J connectivity index is 2.32. The number of nitro benzene ring substituents is 1. The fraction of sp³-hybridized carbons (Fsp3) is 0.0714. The summed E-state index contributed by atoms with van der Waals surface area (Å²) in [6.07, 6.45) is 0. The van der Waals surface area contributed by atoms with Crippen LogP contribution in [0.1, 0.15) is 15.9 Å². The largest absolute Gasteiger partial charge is 0.321 e. The first-order valence-corrected chi connectivity index (χ1v) is 7.49. The maximum absolute atomic E-state index is 12.3. The van der Waals surface area contributed by atoms with Crippen LogP contribution >= 0.6 is 31.9 Å². The molecule has 0 spiro atoms.